The molecule has 0 spiro atoms. The van der Waals surface area contributed by atoms with Crippen LogP contribution in [0, 0.1) is 5.82 Å². The number of nitrogens with zero attached hydrogens (tertiary/aromatic N) is 1. The molecule has 1 heterocycles. The summed E-state index contributed by atoms with van der Waals surface area (Å²) in [6, 6.07) is 12.3. The van der Waals surface area contributed by atoms with Crippen LogP contribution in [-0.2, 0) is 22.4 Å². The summed E-state index contributed by atoms with van der Waals surface area (Å²) in [5.41, 5.74) is 2.73. The second-order valence-electron chi connectivity index (χ2n) is 5.94. The molecule has 2 aromatic carbocycles. The molecule has 3 rings (SSSR count). The van der Waals surface area contributed by atoms with E-state index in [1.54, 1.807) is 31.4 Å². The maximum atomic E-state index is 13.7. The lowest BCUT2D eigenvalue weighted by molar-refractivity contribution is -0.130. The van der Waals surface area contributed by atoms with Gasteiger partial charge in [-0.05, 0) is 53.8 Å². The number of esters is 1. The van der Waals surface area contributed by atoms with Crippen molar-refractivity contribution < 1.29 is 18.7 Å². The largest absolute Gasteiger partial charge is 0.496 e. The lowest BCUT2D eigenvalue weighted by atomic mass is 10.1. The summed E-state index contributed by atoms with van der Waals surface area (Å²) < 4.78 is 24.2. The first-order valence-electron chi connectivity index (χ1n) is 8.52. The van der Waals surface area contributed by atoms with Gasteiger partial charge < -0.3 is 9.47 Å². The van der Waals surface area contributed by atoms with Crippen LogP contribution in [0.5, 0.6) is 5.75 Å². The summed E-state index contributed by atoms with van der Waals surface area (Å²) in [5.74, 6) is 0.382. The van der Waals surface area contributed by atoms with Crippen molar-refractivity contribution >= 4 is 17.9 Å². The second-order valence-corrected chi connectivity index (χ2v) is 5.94. The minimum atomic E-state index is -0.484. The highest BCUT2D eigenvalue weighted by Gasteiger charge is 2.23. The number of benzene rings is 2. The molecule has 0 amide bonds. The molecule has 5 heteroatoms. The molecule has 0 unspecified atom stereocenters. The molecule has 1 aliphatic rings. The Morgan fingerprint density at radius 1 is 1.15 bits per heavy atom. The van der Waals surface area contributed by atoms with Gasteiger partial charge in [0.05, 0.1) is 7.11 Å². The summed E-state index contributed by atoms with van der Waals surface area (Å²) in [7, 11) is 1.63. The van der Waals surface area contributed by atoms with Gasteiger partial charge in [-0.25, -0.2) is 14.2 Å². The molecule has 0 saturated carbocycles. The minimum absolute atomic E-state index is 0.251. The third-order valence-corrected chi connectivity index (χ3v) is 4.22. The van der Waals surface area contributed by atoms with E-state index in [-0.39, 0.29) is 11.5 Å². The molecule has 4 nitrogen and oxygen atoms in total. The van der Waals surface area contributed by atoms with E-state index in [0.717, 1.165) is 23.3 Å². The monoisotopic (exact) mass is 353 g/mol. The molecular weight excluding hydrogens is 333 g/mol. The van der Waals surface area contributed by atoms with Crippen molar-refractivity contribution in [1.29, 1.82) is 0 Å². The Morgan fingerprint density at radius 2 is 1.96 bits per heavy atom. The van der Waals surface area contributed by atoms with Crippen molar-refractivity contribution in [1.82, 2.24) is 0 Å². The number of methoxy groups -OCH3 is 1. The van der Waals surface area contributed by atoms with Crippen LogP contribution in [0.3, 0.4) is 0 Å². The Labute approximate surface area is 152 Å². The molecule has 0 fully saturated rings. The molecule has 0 atom stereocenters. The van der Waals surface area contributed by atoms with Crippen LogP contribution < -0.4 is 4.74 Å². The number of aliphatic imine (C=N–C) groups is 1. The van der Waals surface area contributed by atoms with E-state index in [9.17, 15) is 9.18 Å². The molecule has 0 N–H and O–H groups in total. The molecule has 134 valence electrons. The summed E-state index contributed by atoms with van der Waals surface area (Å²) in [6.45, 7) is 2.04. The van der Waals surface area contributed by atoms with Crippen molar-refractivity contribution in [2.75, 3.05) is 7.11 Å². The van der Waals surface area contributed by atoms with Gasteiger partial charge in [0.15, 0.2) is 11.6 Å². The Balaban J connectivity index is 1.75. The van der Waals surface area contributed by atoms with Gasteiger partial charge in [-0.3, -0.25) is 0 Å². The third-order valence-electron chi connectivity index (χ3n) is 4.22. The number of hydrogen-bond acceptors (Lipinski definition) is 4. The number of rotatable bonds is 6. The highest BCUT2D eigenvalue weighted by molar-refractivity contribution is 6.07. The first kappa shape index (κ1) is 17.9. The summed E-state index contributed by atoms with van der Waals surface area (Å²) in [5, 5.41) is 0. The average molecular weight is 353 g/mol. The summed E-state index contributed by atoms with van der Waals surface area (Å²) in [6.07, 6.45) is 3.31. The van der Waals surface area contributed by atoms with Gasteiger partial charge in [0.25, 0.3) is 0 Å². The van der Waals surface area contributed by atoms with Crippen LogP contribution in [0.25, 0.3) is 6.08 Å². The highest BCUT2D eigenvalue weighted by Crippen LogP contribution is 2.24. The van der Waals surface area contributed by atoms with Crippen LogP contribution in [0.4, 0.5) is 4.39 Å². The van der Waals surface area contributed by atoms with E-state index >= 15 is 0 Å². The first-order chi connectivity index (χ1) is 12.6. The molecule has 0 radical (unpaired) electrons. The van der Waals surface area contributed by atoms with Crippen molar-refractivity contribution in [2.24, 2.45) is 4.99 Å². The standard InChI is InChI=1S/C21H20FNO3/c1-3-15-12-14(8-10-19(15)25-2)13-18-21(24)26-20(23-18)11-9-16-6-4-5-7-17(16)22/h4-8,10,12-13H,3,9,11H2,1-2H3/b18-13+. The van der Waals surface area contributed by atoms with Gasteiger partial charge >= 0.3 is 5.97 Å². The van der Waals surface area contributed by atoms with E-state index in [1.165, 1.54) is 6.07 Å². The lowest BCUT2D eigenvalue weighted by Crippen LogP contribution is -2.05. The van der Waals surface area contributed by atoms with Gasteiger partial charge in [-0.1, -0.05) is 31.2 Å². The number of carbonyl (C=O) groups excluding carboxylic acids is 1. The topological polar surface area (TPSA) is 47.9 Å². The number of carbonyl (C=O) groups is 1. The first-order valence-corrected chi connectivity index (χ1v) is 8.52. The van der Waals surface area contributed by atoms with Gasteiger partial charge in [0, 0.05) is 6.42 Å². The predicted octanol–water partition coefficient (Wildman–Crippen LogP) is 4.33. The Hall–Kier alpha value is -2.95. The van der Waals surface area contributed by atoms with E-state index in [1.807, 2.05) is 25.1 Å². The van der Waals surface area contributed by atoms with E-state index in [0.29, 0.717) is 24.3 Å². The van der Waals surface area contributed by atoms with Crippen LogP contribution in [0.1, 0.15) is 30.0 Å². The highest BCUT2D eigenvalue weighted by atomic mass is 19.1. The van der Waals surface area contributed by atoms with E-state index in [2.05, 4.69) is 4.99 Å². The number of hydrogen-bond donors (Lipinski definition) is 0. The zero-order valence-electron chi connectivity index (χ0n) is 14.8. The fraction of sp³-hybridized carbons (Fsp3) is 0.238. The zero-order chi connectivity index (χ0) is 18.5. The van der Waals surface area contributed by atoms with Crippen molar-refractivity contribution in [3.63, 3.8) is 0 Å². The van der Waals surface area contributed by atoms with Crippen LogP contribution in [-0.4, -0.2) is 19.0 Å². The second kappa shape index (κ2) is 7.95. The number of ether oxygens (including phenoxy) is 2. The third kappa shape index (κ3) is 3.99. The maximum absolute atomic E-state index is 13.7. The summed E-state index contributed by atoms with van der Waals surface area (Å²) in [4.78, 5) is 16.3. The fourth-order valence-corrected chi connectivity index (χ4v) is 2.83. The number of halogens is 1. The summed E-state index contributed by atoms with van der Waals surface area (Å²) >= 11 is 0. The molecule has 2 aromatic rings. The maximum Gasteiger partial charge on any atom is 0.363 e. The average Bonchev–Trinajstić information content (AvgIpc) is 3.00. The molecule has 26 heavy (non-hydrogen) atoms. The number of cyclic esters (lactones) is 1. The smallest absolute Gasteiger partial charge is 0.363 e. The van der Waals surface area contributed by atoms with Crippen molar-refractivity contribution in [3.8, 4) is 5.75 Å². The van der Waals surface area contributed by atoms with Crippen molar-refractivity contribution in [3.05, 3.63) is 70.7 Å². The minimum Gasteiger partial charge on any atom is -0.496 e. The number of aryl methyl sites for hydroxylation is 2. The SMILES string of the molecule is CCc1cc(/C=C2/N=C(CCc3ccccc3F)OC2=O)ccc1OC. The lowest BCUT2D eigenvalue weighted by Gasteiger charge is -2.07. The Morgan fingerprint density at radius 3 is 2.69 bits per heavy atom. The predicted molar refractivity (Wildman–Crippen MR) is 98.6 cm³/mol. The zero-order valence-corrected chi connectivity index (χ0v) is 14.8. The molecular formula is C21H20FNO3. The molecule has 0 saturated heterocycles. The van der Waals surface area contributed by atoms with Gasteiger partial charge in [-0.15, -0.1) is 0 Å². The van der Waals surface area contributed by atoms with Gasteiger partial charge in [0.1, 0.15) is 11.6 Å². The van der Waals surface area contributed by atoms with Crippen molar-refractivity contribution in [2.45, 2.75) is 26.2 Å². The quantitative estimate of drug-likeness (QED) is 0.574. The van der Waals surface area contributed by atoms with E-state index in [4.69, 9.17) is 9.47 Å². The van der Waals surface area contributed by atoms with Crippen LogP contribution in [0.2, 0.25) is 0 Å². The Kier molecular flexibility index (Phi) is 5.46. The van der Waals surface area contributed by atoms with Crippen LogP contribution >= 0.6 is 0 Å². The van der Waals surface area contributed by atoms with Gasteiger partial charge in [0.2, 0.25) is 0 Å². The van der Waals surface area contributed by atoms with Gasteiger partial charge in [-0.2, -0.15) is 0 Å². The molecule has 1 aliphatic heterocycles. The van der Waals surface area contributed by atoms with E-state index < -0.39 is 5.97 Å². The normalized spacial score (nSPS) is 15.1. The fourth-order valence-electron chi connectivity index (χ4n) is 2.83. The Bertz CT molecular complexity index is 887. The van der Waals surface area contributed by atoms with Crippen LogP contribution in [0.15, 0.2) is 53.2 Å². The molecule has 0 aromatic heterocycles. The molecule has 0 aliphatic carbocycles. The molecule has 0 bridgehead atoms.